The zero-order valence-corrected chi connectivity index (χ0v) is 18.6. The molecule has 8 heteroatoms. The Kier molecular flexibility index (Phi) is 5.97. The highest BCUT2D eigenvalue weighted by Gasteiger charge is 2.28. The normalized spacial score (nSPS) is 17.0. The molecule has 1 aliphatic heterocycles. The first-order valence-electron chi connectivity index (χ1n) is 9.49. The van der Waals surface area contributed by atoms with E-state index in [4.69, 9.17) is 28.2 Å². The van der Waals surface area contributed by atoms with Gasteiger partial charge in [-0.1, -0.05) is 23.2 Å². The van der Waals surface area contributed by atoms with Crippen molar-refractivity contribution in [3.05, 3.63) is 63.3 Å². The van der Waals surface area contributed by atoms with Gasteiger partial charge in [0.15, 0.2) is 5.13 Å². The Bertz CT molecular complexity index is 1030. The first-order chi connectivity index (χ1) is 13.9. The van der Waals surface area contributed by atoms with Crippen LogP contribution in [0.4, 0.5) is 10.8 Å². The van der Waals surface area contributed by atoms with E-state index in [1.54, 1.807) is 23.1 Å². The molecule has 2 aromatic heterocycles. The van der Waals surface area contributed by atoms with E-state index in [9.17, 15) is 4.79 Å². The topological polar surface area (TPSA) is 41.4 Å². The molecule has 1 aromatic carbocycles. The Morgan fingerprint density at radius 1 is 1.31 bits per heavy atom. The smallest absolute Gasteiger partial charge is 0.230 e. The Morgan fingerprint density at radius 2 is 2.14 bits per heavy atom. The number of benzene rings is 1. The molecule has 29 heavy (non-hydrogen) atoms. The van der Waals surface area contributed by atoms with Crippen LogP contribution in [0.3, 0.4) is 0 Å². The van der Waals surface area contributed by atoms with Gasteiger partial charge in [-0.2, -0.15) is 0 Å². The molecule has 0 saturated carbocycles. The van der Waals surface area contributed by atoms with Crippen molar-refractivity contribution in [1.82, 2.24) is 14.5 Å². The van der Waals surface area contributed by atoms with Gasteiger partial charge in [-0.3, -0.25) is 14.6 Å². The molecule has 1 fully saturated rings. The number of carbonyl (C=O) groups is 1. The highest BCUT2D eigenvalue weighted by atomic mass is 35.5. The molecule has 0 radical (unpaired) electrons. The first-order valence-corrected chi connectivity index (χ1v) is 11.1. The van der Waals surface area contributed by atoms with E-state index in [0.717, 1.165) is 25.2 Å². The molecule has 4 rings (SSSR count). The van der Waals surface area contributed by atoms with Crippen molar-refractivity contribution in [3.63, 3.8) is 0 Å². The third-order valence-corrected chi connectivity index (χ3v) is 6.87. The van der Waals surface area contributed by atoms with Crippen LogP contribution < -0.4 is 4.90 Å². The lowest BCUT2D eigenvalue weighted by Crippen LogP contribution is -2.25. The molecule has 1 saturated heterocycles. The molecular weight excluding hydrogens is 427 g/mol. The summed E-state index contributed by atoms with van der Waals surface area (Å²) in [5.74, 6) is -0.118. The zero-order chi connectivity index (χ0) is 20.5. The summed E-state index contributed by atoms with van der Waals surface area (Å²) in [5, 5.41) is 3.54. The molecule has 152 valence electrons. The number of likely N-dealkylation sites (tertiary alicyclic amines) is 1. The number of aromatic nitrogens is 2. The van der Waals surface area contributed by atoms with Crippen LogP contribution >= 0.6 is 34.5 Å². The van der Waals surface area contributed by atoms with Crippen LogP contribution in [0.25, 0.3) is 0 Å². The number of aryl methyl sites for hydroxylation is 1. The van der Waals surface area contributed by atoms with E-state index >= 15 is 0 Å². The minimum absolute atomic E-state index is 0.118. The van der Waals surface area contributed by atoms with E-state index in [1.165, 1.54) is 30.4 Å². The summed E-state index contributed by atoms with van der Waals surface area (Å²) in [6, 6.07) is 9.85. The number of halogens is 2. The molecule has 0 N–H and O–H groups in total. The van der Waals surface area contributed by atoms with Gasteiger partial charge in [-0.25, -0.2) is 4.98 Å². The maximum absolute atomic E-state index is 12.3. The van der Waals surface area contributed by atoms with Crippen molar-refractivity contribution in [2.75, 3.05) is 11.4 Å². The fourth-order valence-corrected chi connectivity index (χ4v) is 5.07. The van der Waals surface area contributed by atoms with Gasteiger partial charge in [0, 0.05) is 37.8 Å². The number of thiazole rings is 1. The van der Waals surface area contributed by atoms with Gasteiger partial charge in [0.25, 0.3) is 0 Å². The van der Waals surface area contributed by atoms with E-state index in [-0.39, 0.29) is 5.91 Å². The Morgan fingerprint density at radius 3 is 2.83 bits per heavy atom. The molecule has 3 aromatic rings. The van der Waals surface area contributed by atoms with Gasteiger partial charge >= 0.3 is 0 Å². The van der Waals surface area contributed by atoms with Crippen molar-refractivity contribution >= 4 is 51.3 Å². The Labute approximate surface area is 184 Å². The van der Waals surface area contributed by atoms with Crippen LogP contribution in [0.5, 0.6) is 0 Å². The quantitative estimate of drug-likeness (QED) is 0.494. The fraction of sp³-hybridized carbons (Fsp3) is 0.333. The largest absolute Gasteiger partial charge is 0.353 e. The van der Waals surface area contributed by atoms with Crippen LogP contribution in [0.2, 0.25) is 10.0 Å². The molecule has 0 spiro atoms. The fourth-order valence-electron chi connectivity index (χ4n) is 3.90. The Balaban J connectivity index is 1.56. The lowest BCUT2D eigenvalue weighted by molar-refractivity contribution is -0.115. The van der Waals surface area contributed by atoms with Crippen molar-refractivity contribution in [1.29, 1.82) is 0 Å². The molecule has 5 nitrogen and oxygen atoms in total. The summed E-state index contributed by atoms with van der Waals surface area (Å²) in [7, 11) is 2.09. The van der Waals surface area contributed by atoms with Crippen LogP contribution in [-0.2, 0) is 18.4 Å². The number of rotatable bonds is 5. The van der Waals surface area contributed by atoms with Crippen LogP contribution in [0, 0.1) is 0 Å². The number of hydrogen-bond donors (Lipinski definition) is 0. The minimum Gasteiger partial charge on any atom is -0.353 e. The average Bonchev–Trinajstić information content (AvgIpc) is 3.40. The zero-order valence-electron chi connectivity index (χ0n) is 16.3. The molecule has 0 aliphatic carbocycles. The van der Waals surface area contributed by atoms with E-state index in [2.05, 4.69) is 34.8 Å². The van der Waals surface area contributed by atoms with Crippen LogP contribution in [0.15, 0.2) is 41.9 Å². The highest BCUT2D eigenvalue weighted by Crippen LogP contribution is 2.36. The van der Waals surface area contributed by atoms with Gasteiger partial charge in [-0.05, 0) is 49.7 Å². The SMILES string of the molecule is CC(=O)N(c1ccc(Cl)c(Cl)c1)c1nc(CN2CCC[C@H]2c2cccn2C)cs1. The monoisotopic (exact) mass is 448 g/mol. The summed E-state index contributed by atoms with van der Waals surface area (Å²) in [4.78, 5) is 21.1. The summed E-state index contributed by atoms with van der Waals surface area (Å²) < 4.78 is 2.19. The predicted octanol–water partition coefficient (Wildman–Crippen LogP) is 5.81. The summed E-state index contributed by atoms with van der Waals surface area (Å²) in [5.41, 5.74) is 2.97. The summed E-state index contributed by atoms with van der Waals surface area (Å²) in [6.07, 6.45) is 4.42. The average molecular weight is 449 g/mol. The van der Waals surface area contributed by atoms with Gasteiger partial charge < -0.3 is 4.57 Å². The molecule has 0 bridgehead atoms. The second-order valence-electron chi connectivity index (χ2n) is 7.25. The standard InChI is InChI=1S/C21H22Cl2N4OS/c1-14(28)27(16-7-8-17(22)18(23)11-16)21-24-15(13-29-21)12-26-10-4-6-20(26)19-5-3-9-25(19)2/h3,5,7-9,11,13,20H,4,6,10,12H2,1-2H3/t20-/m0/s1. The van der Waals surface area contributed by atoms with Crippen molar-refractivity contribution < 1.29 is 4.79 Å². The minimum atomic E-state index is -0.118. The second-order valence-corrected chi connectivity index (χ2v) is 8.90. The van der Waals surface area contributed by atoms with Crippen molar-refractivity contribution in [2.45, 2.75) is 32.4 Å². The van der Waals surface area contributed by atoms with E-state index in [0.29, 0.717) is 26.9 Å². The lowest BCUT2D eigenvalue weighted by Gasteiger charge is -2.24. The highest BCUT2D eigenvalue weighted by molar-refractivity contribution is 7.14. The van der Waals surface area contributed by atoms with Gasteiger partial charge in [0.1, 0.15) is 0 Å². The van der Waals surface area contributed by atoms with Crippen LogP contribution in [0.1, 0.15) is 37.2 Å². The maximum atomic E-state index is 12.3. The molecule has 1 aliphatic rings. The number of amides is 1. The van der Waals surface area contributed by atoms with E-state index < -0.39 is 0 Å². The number of anilines is 2. The number of carbonyl (C=O) groups excluding carboxylic acids is 1. The van der Waals surface area contributed by atoms with Crippen LogP contribution in [-0.4, -0.2) is 26.9 Å². The summed E-state index contributed by atoms with van der Waals surface area (Å²) in [6.45, 7) is 3.33. The molecular formula is C21H22Cl2N4OS. The molecule has 1 atom stereocenters. The summed E-state index contributed by atoms with van der Waals surface area (Å²) >= 11 is 13.6. The first kappa shape index (κ1) is 20.4. The molecule has 0 unspecified atom stereocenters. The number of hydrogen-bond acceptors (Lipinski definition) is 4. The molecule has 1 amide bonds. The third-order valence-electron chi connectivity index (χ3n) is 5.26. The molecule has 3 heterocycles. The van der Waals surface area contributed by atoms with Gasteiger partial charge in [-0.15, -0.1) is 11.3 Å². The van der Waals surface area contributed by atoms with Gasteiger partial charge in [0.2, 0.25) is 5.91 Å². The number of nitrogens with zero attached hydrogens (tertiary/aromatic N) is 4. The Hall–Kier alpha value is -1.86. The second kappa shape index (κ2) is 8.48. The van der Waals surface area contributed by atoms with E-state index in [1.807, 2.05) is 5.38 Å². The van der Waals surface area contributed by atoms with Gasteiger partial charge in [0.05, 0.1) is 27.5 Å². The van der Waals surface area contributed by atoms with Crippen molar-refractivity contribution in [3.8, 4) is 0 Å². The maximum Gasteiger partial charge on any atom is 0.230 e. The third kappa shape index (κ3) is 4.21. The van der Waals surface area contributed by atoms with Crippen molar-refractivity contribution in [2.24, 2.45) is 7.05 Å². The lowest BCUT2D eigenvalue weighted by atomic mass is 10.1. The predicted molar refractivity (Wildman–Crippen MR) is 119 cm³/mol.